The lowest BCUT2D eigenvalue weighted by Crippen LogP contribution is -2.35. The molecule has 0 amide bonds. The molecule has 2 aromatic heterocycles. The Bertz CT molecular complexity index is 2470. The van der Waals surface area contributed by atoms with Gasteiger partial charge in [-0.05, 0) is 96.8 Å². The number of hydrogen-bond donors (Lipinski definition) is 0. The number of para-hydroxylation sites is 5. The van der Waals surface area contributed by atoms with E-state index in [4.69, 9.17) is 0 Å². The molecule has 9 aromatic rings. The first-order valence-electron chi connectivity index (χ1n) is 17.8. The van der Waals surface area contributed by atoms with Gasteiger partial charge in [-0.15, -0.1) is 0 Å². The number of hydrogen-bond acceptors (Lipinski definition) is 1. The molecule has 0 atom stereocenters. The van der Waals surface area contributed by atoms with Crippen LogP contribution in [0, 0.1) is 0 Å². The molecule has 0 fully saturated rings. The van der Waals surface area contributed by atoms with E-state index >= 15 is 0 Å². The van der Waals surface area contributed by atoms with E-state index in [9.17, 15) is 0 Å². The van der Waals surface area contributed by atoms with Crippen LogP contribution in [-0.4, -0.2) is 9.13 Å². The van der Waals surface area contributed by atoms with Gasteiger partial charge in [-0.2, -0.15) is 0 Å². The fraction of sp³-hybridized carbons (Fsp3) is 0.106. The molecule has 3 heteroatoms. The van der Waals surface area contributed by atoms with Crippen molar-refractivity contribution in [2.75, 3.05) is 4.90 Å². The van der Waals surface area contributed by atoms with Crippen LogP contribution in [0.25, 0.3) is 55.0 Å². The van der Waals surface area contributed by atoms with Gasteiger partial charge in [0.25, 0.3) is 0 Å². The Hall–Kier alpha value is -6.06. The van der Waals surface area contributed by atoms with Crippen LogP contribution in [0.2, 0.25) is 0 Å². The number of nitrogens with zero attached hydrogens (tertiary/aromatic N) is 3. The number of aromatic nitrogens is 2. The molecule has 0 unspecified atom stereocenters. The summed E-state index contributed by atoms with van der Waals surface area (Å²) < 4.78 is 4.91. The Kier molecular flexibility index (Phi) is 6.35. The highest BCUT2D eigenvalue weighted by molar-refractivity contribution is 6.10. The Morgan fingerprint density at radius 3 is 1.12 bits per heavy atom. The Labute approximate surface area is 292 Å². The summed E-state index contributed by atoms with van der Waals surface area (Å²) in [6, 6.07) is 60.5. The molecule has 0 spiro atoms. The van der Waals surface area contributed by atoms with Crippen molar-refractivity contribution in [1.82, 2.24) is 9.13 Å². The van der Waals surface area contributed by atoms with Crippen LogP contribution in [-0.2, 0) is 5.41 Å². The number of benzene rings is 7. The van der Waals surface area contributed by atoms with Crippen LogP contribution in [0.15, 0.2) is 164 Å². The van der Waals surface area contributed by atoms with E-state index in [1.54, 1.807) is 0 Å². The van der Waals surface area contributed by atoms with Crippen LogP contribution in [0.1, 0.15) is 37.8 Å². The summed E-state index contributed by atoms with van der Waals surface area (Å²) in [6.45, 7) is 4.74. The topological polar surface area (TPSA) is 13.1 Å². The molecular formula is C47H37N3. The molecule has 0 radical (unpaired) electrons. The Morgan fingerprint density at radius 1 is 0.380 bits per heavy atom. The lowest BCUT2D eigenvalue weighted by molar-refractivity contribution is 0.474. The summed E-state index contributed by atoms with van der Waals surface area (Å²) in [4.78, 5) is 2.49. The SMILES string of the molecule is CCC1(CC)c2cc(-n3c4ccccc4c4ccccc43)ccc2N(c2ccccc2)c2ccc(-n3c4ccccc4c4ccccc43)cc21. The van der Waals surface area contributed by atoms with Crippen molar-refractivity contribution in [3.63, 3.8) is 0 Å². The lowest BCUT2D eigenvalue weighted by atomic mass is 9.67. The molecule has 0 aliphatic carbocycles. The zero-order valence-corrected chi connectivity index (χ0v) is 28.3. The first kappa shape index (κ1) is 28.9. The van der Waals surface area contributed by atoms with Gasteiger partial charge in [0.15, 0.2) is 0 Å². The highest BCUT2D eigenvalue weighted by atomic mass is 15.2. The maximum absolute atomic E-state index is 2.49. The standard InChI is InChI=1S/C47H37N3/c1-3-47(4-2)39-30-33(49-41-22-12-8-18-35(41)36-19-9-13-23-42(36)49)26-28-45(39)48(32-16-6-5-7-17-32)46-29-27-34(31-40(46)47)50-43-24-14-10-20-37(43)38-21-11-15-25-44(38)50/h5-31H,3-4H2,1-2H3. The summed E-state index contributed by atoms with van der Waals surface area (Å²) in [6.07, 6.45) is 1.97. The van der Waals surface area contributed by atoms with Gasteiger partial charge in [-0.3, -0.25) is 0 Å². The maximum Gasteiger partial charge on any atom is 0.0541 e. The molecule has 0 N–H and O–H groups in total. The Balaban J connectivity index is 1.27. The molecule has 0 bridgehead atoms. The van der Waals surface area contributed by atoms with Gasteiger partial charge in [0.1, 0.15) is 0 Å². The molecule has 10 rings (SSSR count). The fourth-order valence-corrected chi connectivity index (χ4v) is 9.03. The number of rotatable bonds is 5. The molecule has 0 saturated carbocycles. The Morgan fingerprint density at radius 2 is 0.740 bits per heavy atom. The monoisotopic (exact) mass is 643 g/mol. The average molecular weight is 644 g/mol. The smallest absolute Gasteiger partial charge is 0.0541 e. The van der Waals surface area contributed by atoms with E-state index in [1.807, 2.05) is 0 Å². The summed E-state index contributed by atoms with van der Waals surface area (Å²) in [5.41, 5.74) is 13.6. The van der Waals surface area contributed by atoms with Gasteiger partial charge < -0.3 is 14.0 Å². The highest BCUT2D eigenvalue weighted by Gasteiger charge is 2.42. The molecular weight excluding hydrogens is 607 g/mol. The van der Waals surface area contributed by atoms with E-state index in [0.29, 0.717) is 0 Å². The number of anilines is 3. The minimum absolute atomic E-state index is 0.195. The molecule has 3 nitrogen and oxygen atoms in total. The van der Waals surface area contributed by atoms with E-state index in [2.05, 4.69) is 192 Å². The van der Waals surface area contributed by atoms with Gasteiger partial charge in [-0.1, -0.05) is 105 Å². The molecule has 7 aromatic carbocycles. The normalized spacial score (nSPS) is 13.7. The quantitative estimate of drug-likeness (QED) is 0.182. The minimum Gasteiger partial charge on any atom is -0.310 e. The van der Waals surface area contributed by atoms with Crippen molar-refractivity contribution < 1.29 is 0 Å². The predicted molar refractivity (Wildman–Crippen MR) is 211 cm³/mol. The van der Waals surface area contributed by atoms with Crippen molar-refractivity contribution in [3.05, 3.63) is 175 Å². The first-order valence-corrected chi connectivity index (χ1v) is 17.8. The van der Waals surface area contributed by atoms with Gasteiger partial charge in [-0.25, -0.2) is 0 Å². The number of fused-ring (bicyclic) bond motifs is 8. The lowest BCUT2D eigenvalue weighted by Gasteiger charge is -2.45. The maximum atomic E-state index is 2.49. The minimum atomic E-state index is -0.195. The van der Waals surface area contributed by atoms with Gasteiger partial charge in [0, 0.05) is 44.0 Å². The summed E-state index contributed by atoms with van der Waals surface area (Å²) >= 11 is 0. The largest absolute Gasteiger partial charge is 0.310 e. The van der Waals surface area contributed by atoms with E-state index in [-0.39, 0.29) is 5.41 Å². The average Bonchev–Trinajstić information content (AvgIpc) is 3.70. The van der Waals surface area contributed by atoms with Crippen LogP contribution < -0.4 is 4.90 Å². The van der Waals surface area contributed by atoms with Crippen molar-refractivity contribution in [2.45, 2.75) is 32.1 Å². The second-order valence-electron chi connectivity index (χ2n) is 13.6. The van der Waals surface area contributed by atoms with E-state index < -0.39 is 0 Å². The van der Waals surface area contributed by atoms with Crippen molar-refractivity contribution in [1.29, 1.82) is 0 Å². The summed E-state index contributed by atoms with van der Waals surface area (Å²) in [5.74, 6) is 0. The van der Waals surface area contributed by atoms with Gasteiger partial charge >= 0.3 is 0 Å². The third-order valence-electron chi connectivity index (χ3n) is 11.4. The van der Waals surface area contributed by atoms with Crippen LogP contribution in [0.3, 0.4) is 0 Å². The third-order valence-corrected chi connectivity index (χ3v) is 11.4. The summed E-state index contributed by atoms with van der Waals surface area (Å²) in [5, 5.41) is 5.13. The van der Waals surface area contributed by atoms with Crippen LogP contribution >= 0.6 is 0 Å². The third kappa shape index (κ3) is 3.92. The van der Waals surface area contributed by atoms with Gasteiger partial charge in [0.2, 0.25) is 0 Å². The van der Waals surface area contributed by atoms with E-state index in [0.717, 1.165) is 12.8 Å². The van der Waals surface area contributed by atoms with E-state index in [1.165, 1.54) is 83.2 Å². The molecule has 0 saturated heterocycles. The zero-order valence-electron chi connectivity index (χ0n) is 28.3. The molecule has 1 aliphatic rings. The molecule has 1 aliphatic heterocycles. The highest BCUT2D eigenvalue weighted by Crippen LogP contribution is 2.56. The predicted octanol–water partition coefficient (Wildman–Crippen LogP) is 12.8. The first-order chi connectivity index (χ1) is 24.7. The van der Waals surface area contributed by atoms with Gasteiger partial charge in [0.05, 0.1) is 33.4 Å². The van der Waals surface area contributed by atoms with Crippen molar-refractivity contribution in [2.24, 2.45) is 0 Å². The molecule has 3 heterocycles. The molecule has 50 heavy (non-hydrogen) atoms. The second kappa shape index (κ2) is 11.0. The van der Waals surface area contributed by atoms with Crippen molar-refractivity contribution >= 4 is 60.7 Å². The van der Waals surface area contributed by atoms with Crippen molar-refractivity contribution in [3.8, 4) is 11.4 Å². The molecule has 240 valence electrons. The van der Waals surface area contributed by atoms with Crippen LogP contribution in [0.4, 0.5) is 17.1 Å². The second-order valence-corrected chi connectivity index (χ2v) is 13.6. The fourth-order valence-electron chi connectivity index (χ4n) is 9.03. The zero-order chi connectivity index (χ0) is 33.4. The van der Waals surface area contributed by atoms with Crippen LogP contribution in [0.5, 0.6) is 0 Å². The summed E-state index contributed by atoms with van der Waals surface area (Å²) in [7, 11) is 0.